The van der Waals surface area contributed by atoms with Crippen molar-refractivity contribution in [2.24, 2.45) is 11.8 Å². The number of aromatic nitrogens is 1. The summed E-state index contributed by atoms with van der Waals surface area (Å²) in [4.78, 5) is 4.24. The van der Waals surface area contributed by atoms with Crippen molar-refractivity contribution in [3.05, 3.63) is 24.4 Å². The lowest BCUT2D eigenvalue weighted by Crippen LogP contribution is -2.33. The third-order valence-corrected chi connectivity index (χ3v) is 3.52. The fourth-order valence-electron chi connectivity index (χ4n) is 2.61. The summed E-state index contributed by atoms with van der Waals surface area (Å²) in [7, 11) is 0. The van der Waals surface area contributed by atoms with E-state index >= 15 is 0 Å². The Morgan fingerprint density at radius 2 is 2.06 bits per heavy atom. The highest BCUT2D eigenvalue weighted by Crippen LogP contribution is 2.32. The maximum atomic E-state index is 6.02. The van der Waals surface area contributed by atoms with E-state index in [2.05, 4.69) is 18.8 Å². The van der Waals surface area contributed by atoms with E-state index < -0.39 is 0 Å². The molecule has 0 unspecified atom stereocenters. The first kappa shape index (κ1) is 11.4. The van der Waals surface area contributed by atoms with Crippen LogP contribution in [0, 0.1) is 11.8 Å². The Balaban J connectivity index is 2.01. The van der Waals surface area contributed by atoms with Crippen molar-refractivity contribution in [3.8, 4) is 5.88 Å². The molecule has 0 amide bonds. The summed E-state index contributed by atoms with van der Waals surface area (Å²) < 4.78 is 6.02. The molecule has 1 heterocycles. The van der Waals surface area contributed by atoms with Crippen molar-refractivity contribution in [3.63, 3.8) is 0 Å². The van der Waals surface area contributed by atoms with Crippen LogP contribution in [-0.4, -0.2) is 11.1 Å². The summed E-state index contributed by atoms with van der Waals surface area (Å²) in [6.07, 6.45) is 7.28. The molecule has 1 aromatic rings. The van der Waals surface area contributed by atoms with Gasteiger partial charge in [0.25, 0.3) is 0 Å². The molecule has 0 aromatic carbocycles. The Labute approximate surface area is 98.0 Å². The minimum Gasteiger partial charge on any atom is -0.474 e. The number of pyridine rings is 1. The molecule has 0 spiro atoms. The number of hydrogen-bond acceptors (Lipinski definition) is 2. The molecular formula is C14H21NO. The van der Waals surface area contributed by atoms with Gasteiger partial charge in [0.1, 0.15) is 6.10 Å². The molecule has 0 bridgehead atoms. The zero-order chi connectivity index (χ0) is 11.4. The van der Waals surface area contributed by atoms with Gasteiger partial charge in [-0.15, -0.1) is 0 Å². The zero-order valence-electron chi connectivity index (χ0n) is 10.2. The molecule has 2 nitrogen and oxygen atoms in total. The van der Waals surface area contributed by atoms with Crippen LogP contribution in [0.2, 0.25) is 0 Å². The maximum Gasteiger partial charge on any atom is 0.213 e. The summed E-state index contributed by atoms with van der Waals surface area (Å²) in [6.45, 7) is 4.59. The van der Waals surface area contributed by atoms with Gasteiger partial charge in [-0.3, -0.25) is 0 Å². The molecule has 0 radical (unpaired) electrons. The van der Waals surface area contributed by atoms with E-state index in [0.29, 0.717) is 17.9 Å². The third kappa shape index (κ3) is 2.75. The first-order valence-electron chi connectivity index (χ1n) is 6.35. The summed E-state index contributed by atoms with van der Waals surface area (Å²) in [5.41, 5.74) is 0. The molecule has 1 aromatic heterocycles. The topological polar surface area (TPSA) is 22.1 Å². The van der Waals surface area contributed by atoms with Crippen molar-refractivity contribution < 1.29 is 4.74 Å². The molecule has 1 fully saturated rings. The maximum absolute atomic E-state index is 6.02. The molecule has 88 valence electrons. The molecule has 2 heteroatoms. The molecule has 16 heavy (non-hydrogen) atoms. The highest BCUT2D eigenvalue weighted by Gasteiger charge is 2.29. The largest absolute Gasteiger partial charge is 0.474 e. The number of hydrogen-bond donors (Lipinski definition) is 0. The van der Waals surface area contributed by atoms with Crippen LogP contribution in [0.4, 0.5) is 0 Å². The van der Waals surface area contributed by atoms with Crippen LogP contribution in [0.15, 0.2) is 24.4 Å². The monoisotopic (exact) mass is 219 g/mol. The molecule has 1 aliphatic carbocycles. The SMILES string of the molecule is CC(C)[C@@H]1CCCC[C@H]1Oc1ccccn1. The summed E-state index contributed by atoms with van der Waals surface area (Å²) in [5, 5.41) is 0. The average Bonchev–Trinajstić information content (AvgIpc) is 2.31. The van der Waals surface area contributed by atoms with E-state index in [0.717, 1.165) is 5.88 Å². The highest BCUT2D eigenvalue weighted by molar-refractivity contribution is 5.10. The van der Waals surface area contributed by atoms with Crippen LogP contribution < -0.4 is 4.74 Å². The van der Waals surface area contributed by atoms with Gasteiger partial charge in [0, 0.05) is 12.3 Å². The number of ether oxygens (including phenoxy) is 1. The van der Waals surface area contributed by atoms with Crippen LogP contribution >= 0.6 is 0 Å². The smallest absolute Gasteiger partial charge is 0.213 e. The van der Waals surface area contributed by atoms with Gasteiger partial charge in [0.15, 0.2) is 0 Å². The van der Waals surface area contributed by atoms with Gasteiger partial charge in [0.2, 0.25) is 5.88 Å². The van der Waals surface area contributed by atoms with Gasteiger partial charge in [-0.25, -0.2) is 4.98 Å². The molecule has 1 aliphatic rings. The summed E-state index contributed by atoms with van der Waals surface area (Å²) >= 11 is 0. The van der Waals surface area contributed by atoms with Gasteiger partial charge >= 0.3 is 0 Å². The van der Waals surface area contributed by atoms with Gasteiger partial charge < -0.3 is 4.74 Å². The van der Waals surface area contributed by atoms with Gasteiger partial charge in [-0.1, -0.05) is 26.3 Å². The molecule has 0 N–H and O–H groups in total. The minimum absolute atomic E-state index is 0.364. The standard InChI is InChI=1S/C14H21NO/c1-11(2)12-7-3-4-8-13(12)16-14-9-5-6-10-15-14/h5-6,9-13H,3-4,7-8H2,1-2H3/t12-,13+/m0/s1. The Morgan fingerprint density at radius 1 is 1.25 bits per heavy atom. The van der Waals surface area contributed by atoms with Gasteiger partial charge in [-0.2, -0.15) is 0 Å². The lowest BCUT2D eigenvalue weighted by molar-refractivity contribution is 0.0625. The van der Waals surface area contributed by atoms with Crippen LogP contribution in [0.25, 0.3) is 0 Å². The average molecular weight is 219 g/mol. The summed E-state index contributed by atoms with van der Waals surface area (Å²) in [6, 6.07) is 5.86. The van der Waals surface area contributed by atoms with Crippen molar-refractivity contribution >= 4 is 0 Å². The van der Waals surface area contributed by atoms with Crippen molar-refractivity contribution in [1.82, 2.24) is 4.98 Å². The van der Waals surface area contributed by atoms with Gasteiger partial charge in [0.05, 0.1) is 0 Å². The Morgan fingerprint density at radius 3 is 2.75 bits per heavy atom. The lowest BCUT2D eigenvalue weighted by atomic mass is 9.79. The van der Waals surface area contributed by atoms with Crippen LogP contribution in [-0.2, 0) is 0 Å². The second-order valence-corrected chi connectivity index (χ2v) is 5.02. The van der Waals surface area contributed by atoms with Crippen LogP contribution in [0.5, 0.6) is 5.88 Å². The molecule has 1 saturated carbocycles. The molecule has 0 aliphatic heterocycles. The molecular weight excluding hydrogens is 198 g/mol. The Kier molecular flexibility index (Phi) is 3.81. The molecule has 2 rings (SSSR count). The first-order chi connectivity index (χ1) is 7.77. The van der Waals surface area contributed by atoms with E-state index in [9.17, 15) is 0 Å². The fourth-order valence-corrected chi connectivity index (χ4v) is 2.61. The fraction of sp³-hybridized carbons (Fsp3) is 0.643. The number of nitrogens with zero attached hydrogens (tertiary/aromatic N) is 1. The van der Waals surface area contributed by atoms with Crippen LogP contribution in [0.3, 0.4) is 0 Å². The number of rotatable bonds is 3. The van der Waals surface area contributed by atoms with E-state index in [-0.39, 0.29) is 0 Å². The van der Waals surface area contributed by atoms with E-state index in [1.165, 1.54) is 25.7 Å². The van der Waals surface area contributed by atoms with Crippen molar-refractivity contribution in [2.45, 2.75) is 45.6 Å². The first-order valence-corrected chi connectivity index (χ1v) is 6.35. The van der Waals surface area contributed by atoms with Gasteiger partial charge in [-0.05, 0) is 37.2 Å². The summed E-state index contributed by atoms with van der Waals surface area (Å²) in [5.74, 6) is 2.17. The second-order valence-electron chi connectivity index (χ2n) is 5.02. The predicted octanol–water partition coefficient (Wildman–Crippen LogP) is 3.68. The van der Waals surface area contributed by atoms with E-state index in [1.54, 1.807) is 6.20 Å². The van der Waals surface area contributed by atoms with Crippen LogP contribution in [0.1, 0.15) is 39.5 Å². The Hall–Kier alpha value is -1.05. The second kappa shape index (κ2) is 5.33. The molecule has 0 saturated heterocycles. The Bertz CT molecular complexity index is 310. The quantitative estimate of drug-likeness (QED) is 0.773. The highest BCUT2D eigenvalue weighted by atomic mass is 16.5. The van der Waals surface area contributed by atoms with E-state index in [4.69, 9.17) is 4.74 Å². The normalized spacial score (nSPS) is 25.7. The van der Waals surface area contributed by atoms with E-state index in [1.807, 2.05) is 18.2 Å². The lowest BCUT2D eigenvalue weighted by Gasteiger charge is -2.34. The minimum atomic E-state index is 0.364. The predicted molar refractivity (Wildman–Crippen MR) is 65.4 cm³/mol. The molecule has 2 atom stereocenters. The van der Waals surface area contributed by atoms with Crippen molar-refractivity contribution in [2.75, 3.05) is 0 Å². The third-order valence-electron chi connectivity index (χ3n) is 3.52. The van der Waals surface area contributed by atoms with Crippen molar-refractivity contribution in [1.29, 1.82) is 0 Å². The zero-order valence-corrected chi connectivity index (χ0v) is 10.2.